The standard InChI is InChI=1S/C11H18N2O4/c1-2-16-10(14)7-13(8-3-4-8)6-9-5-12-11(15)17-9/h8-9H,2-7H2,1H3,(H,12,15). The van der Waals surface area contributed by atoms with Crippen LogP contribution in [0.1, 0.15) is 19.8 Å². The molecule has 1 saturated heterocycles. The van der Waals surface area contributed by atoms with Gasteiger partial charge in [0, 0.05) is 12.6 Å². The van der Waals surface area contributed by atoms with Gasteiger partial charge in [-0.2, -0.15) is 0 Å². The van der Waals surface area contributed by atoms with E-state index in [0.29, 0.717) is 25.7 Å². The summed E-state index contributed by atoms with van der Waals surface area (Å²) in [6, 6.07) is 0.443. The number of esters is 1. The van der Waals surface area contributed by atoms with Gasteiger partial charge in [-0.05, 0) is 19.8 Å². The molecule has 2 rings (SSSR count). The first-order valence-electron chi connectivity index (χ1n) is 6.03. The second-order valence-corrected chi connectivity index (χ2v) is 4.37. The van der Waals surface area contributed by atoms with Crippen LogP contribution in [0, 0.1) is 0 Å². The normalized spacial score (nSPS) is 23.4. The molecule has 0 bridgehead atoms. The van der Waals surface area contributed by atoms with E-state index in [0.717, 1.165) is 12.8 Å². The van der Waals surface area contributed by atoms with Crippen LogP contribution in [0.3, 0.4) is 0 Å². The molecule has 1 aliphatic carbocycles. The van der Waals surface area contributed by atoms with Crippen LogP contribution >= 0.6 is 0 Å². The van der Waals surface area contributed by atoms with Crippen molar-refractivity contribution in [2.24, 2.45) is 0 Å². The zero-order chi connectivity index (χ0) is 12.3. The fraction of sp³-hybridized carbons (Fsp3) is 0.818. The van der Waals surface area contributed by atoms with Gasteiger partial charge in [-0.15, -0.1) is 0 Å². The van der Waals surface area contributed by atoms with Gasteiger partial charge in [-0.1, -0.05) is 0 Å². The van der Waals surface area contributed by atoms with E-state index in [1.54, 1.807) is 6.92 Å². The molecule has 0 radical (unpaired) electrons. The van der Waals surface area contributed by atoms with Gasteiger partial charge in [-0.3, -0.25) is 9.69 Å². The number of carbonyl (C=O) groups excluding carboxylic acids is 2. The summed E-state index contributed by atoms with van der Waals surface area (Å²) in [5, 5.41) is 2.61. The van der Waals surface area contributed by atoms with Crippen molar-refractivity contribution in [1.29, 1.82) is 0 Å². The number of carbonyl (C=O) groups is 2. The minimum atomic E-state index is -0.373. The molecule has 6 heteroatoms. The number of amides is 1. The maximum atomic E-state index is 11.4. The van der Waals surface area contributed by atoms with Crippen molar-refractivity contribution in [2.45, 2.75) is 31.9 Å². The Labute approximate surface area is 100 Å². The average Bonchev–Trinajstić information content (AvgIpc) is 3.03. The molecule has 2 fully saturated rings. The highest BCUT2D eigenvalue weighted by Crippen LogP contribution is 2.27. The first kappa shape index (κ1) is 12.2. The van der Waals surface area contributed by atoms with E-state index in [1.165, 1.54) is 0 Å². The van der Waals surface area contributed by atoms with E-state index in [-0.39, 0.29) is 24.7 Å². The zero-order valence-electron chi connectivity index (χ0n) is 9.98. The fourth-order valence-electron chi connectivity index (χ4n) is 1.95. The molecule has 1 heterocycles. The molecule has 0 aromatic heterocycles. The largest absolute Gasteiger partial charge is 0.465 e. The van der Waals surface area contributed by atoms with E-state index in [2.05, 4.69) is 5.32 Å². The molecule has 1 amide bonds. The van der Waals surface area contributed by atoms with Gasteiger partial charge in [0.15, 0.2) is 0 Å². The van der Waals surface area contributed by atoms with Crippen LogP contribution in [-0.4, -0.2) is 55.3 Å². The predicted octanol–water partition coefficient (Wildman–Crippen LogP) is 0.122. The van der Waals surface area contributed by atoms with Crippen molar-refractivity contribution < 1.29 is 19.1 Å². The van der Waals surface area contributed by atoms with Crippen molar-refractivity contribution in [1.82, 2.24) is 10.2 Å². The van der Waals surface area contributed by atoms with Gasteiger partial charge in [0.2, 0.25) is 0 Å². The fourth-order valence-corrected chi connectivity index (χ4v) is 1.95. The van der Waals surface area contributed by atoms with E-state index in [9.17, 15) is 9.59 Å². The van der Waals surface area contributed by atoms with Crippen LogP contribution in [0.2, 0.25) is 0 Å². The Hall–Kier alpha value is -1.30. The lowest BCUT2D eigenvalue weighted by Crippen LogP contribution is -2.39. The molecule has 0 aromatic rings. The minimum Gasteiger partial charge on any atom is -0.465 e. The summed E-state index contributed by atoms with van der Waals surface area (Å²) in [5.41, 5.74) is 0. The molecule has 1 aliphatic heterocycles. The second kappa shape index (κ2) is 5.35. The number of hydrogen-bond donors (Lipinski definition) is 1. The van der Waals surface area contributed by atoms with Crippen molar-refractivity contribution in [3.05, 3.63) is 0 Å². The van der Waals surface area contributed by atoms with Crippen LogP contribution in [0.4, 0.5) is 4.79 Å². The predicted molar refractivity (Wildman–Crippen MR) is 59.5 cm³/mol. The molecule has 96 valence electrons. The van der Waals surface area contributed by atoms with Gasteiger partial charge in [0.25, 0.3) is 0 Å². The number of cyclic esters (lactones) is 1. The van der Waals surface area contributed by atoms with E-state index in [1.807, 2.05) is 4.90 Å². The third kappa shape index (κ3) is 3.59. The average molecular weight is 242 g/mol. The molecule has 0 spiro atoms. The summed E-state index contributed by atoms with van der Waals surface area (Å²) in [6.45, 7) is 3.60. The molecule has 2 aliphatic rings. The first-order valence-corrected chi connectivity index (χ1v) is 6.03. The monoisotopic (exact) mass is 242 g/mol. The lowest BCUT2D eigenvalue weighted by atomic mass is 10.3. The molecule has 0 aromatic carbocycles. The SMILES string of the molecule is CCOC(=O)CN(CC1CNC(=O)O1)C1CC1. The van der Waals surface area contributed by atoms with Gasteiger partial charge in [0.1, 0.15) is 6.10 Å². The highest BCUT2D eigenvalue weighted by molar-refractivity contribution is 5.72. The molecular weight excluding hydrogens is 224 g/mol. The highest BCUT2D eigenvalue weighted by atomic mass is 16.6. The number of ether oxygens (including phenoxy) is 2. The lowest BCUT2D eigenvalue weighted by Gasteiger charge is -2.22. The Morgan fingerprint density at radius 2 is 2.35 bits per heavy atom. The van der Waals surface area contributed by atoms with Crippen molar-refractivity contribution >= 4 is 12.1 Å². The van der Waals surface area contributed by atoms with Gasteiger partial charge < -0.3 is 14.8 Å². The Kier molecular flexibility index (Phi) is 3.83. The topological polar surface area (TPSA) is 67.9 Å². The molecule has 1 unspecified atom stereocenters. The van der Waals surface area contributed by atoms with Gasteiger partial charge >= 0.3 is 12.1 Å². The number of hydrogen-bond acceptors (Lipinski definition) is 5. The Balaban J connectivity index is 1.80. The second-order valence-electron chi connectivity index (χ2n) is 4.37. The van der Waals surface area contributed by atoms with Gasteiger partial charge in [-0.25, -0.2) is 4.79 Å². The van der Waals surface area contributed by atoms with E-state index >= 15 is 0 Å². The third-order valence-corrected chi connectivity index (χ3v) is 2.89. The van der Waals surface area contributed by atoms with Crippen molar-refractivity contribution in [2.75, 3.05) is 26.2 Å². The molecule has 6 nitrogen and oxygen atoms in total. The molecule has 1 N–H and O–H groups in total. The number of alkyl carbamates (subject to hydrolysis) is 1. The third-order valence-electron chi connectivity index (χ3n) is 2.89. The minimum absolute atomic E-state index is 0.155. The summed E-state index contributed by atoms with van der Waals surface area (Å²) >= 11 is 0. The highest BCUT2D eigenvalue weighted by Gasteiger charge is 2.34. The van der Waals surface area contributed by atoms with Gasteiger partial charge in [0.05, 0.1) is 19.7 Å². The zero-order valence-corrected chi connectivity index (χ0v) is 9.98. The maximum Gasteiger partial charge on any atom is 0.407 e. The molecular formula is C11H18N2O4. The molecule has 17 heavy (non-hydrogen) atoms. The summed E-state index contributed by atoms with van der Waals surface area (Å²) < 4.78 is 10.00. The number of nitrogens with zero attached hydrogens (tertiary/aromatic N) is 1. The maximum absolute atomic E-state index is 11.4. The lowest BCUT2D eigenvalue weighted by molar-refractivity contribution is -0.144. The van der Waals surface area contributed by atoms with Crippen LogP contribution in [0.15, 0.2) is 0 Å². The smallest absolute Gasteiger partial charge is 0.407 e. The van der Waals surface area contributed by atoms with Crippen LogP contribution < -0.4 is 5.32 Å². The Morgan fingerprint density at radius 1 is 1.59 bits per heavy atom. The Morgan fingerprint density at radius 3 is 2.88 bits per heavy atom. The number of rotatable bonds is 6. The number of nitrogens with one attached hydrogen (secondary N) is 1. The summed E-state index contributed by atoms with van der Waals surface area (Å²) in [7, 11) is 0. The summed E-state index contributed by atoms with van der Waals surface area (Å²) in [4.78, 5) is 24.4. The summed E-state index contributed by atoms with van der Waals surface area (Å²) in [5.74, 6) is -0.211. The van der Waals surface area contributed by atoms with E-state index < -0.39 is 0 Å². The molecule has 1 saturated carbocycles. The van der Waals surface area contributed by atoms with Crippen LogP contribution in [-0.2, 0) is 14.3 Å². The molecule has 1 atom stereocenters. The van der Waals surface area contributed by atoms with Crippen LogP contribution in [0.5, 0.6) is 0 Å². The van der Waals surface area contributed by atoms with Crippen molar-refractivity contribution in [3.8, 4) is 0 Å². The summed E-state index contributed by atoms with van der Waals surface area (Å²) in [6.07, 6.45) is 1.68. The van der Waals surface area contributed by atoms with Crippen molar-refractivity contribution in [3.63, 3.8) is 0 Å². The first-order chi connectivity index (χ1) is 8.19. The quantitative estimate of drug-likeness (QED) is 0.670. The Bertz CT molecular complexity index is 304. The van der Waals surface area contributed by atoms with E-state index in [4.69, 9.17) is 9.47 Å². The van der Waals surface area contributed by atoms with Crippen LogP contribution in [0.25, 0.3) is 0 Å².